The summed E-state index contributed by atoms with van der Waals surface area (Å²) < 4.78 is 11.3. The maximum absolute atomic E-state index is 12.7. The molecule has 1 heterocycles. The van der Waals surface area contributed by atoms with Gasteiger partial charge in [-0.15, -0.1) is 0 Å². The van der Waals surface area contributed by atoms with Crippen LogP contribution >= 0.6 is 23.2 Å². The van der Waals surface area contributed by atoms with E-state index in [1.165, 1.54) is 0 Å². The lowest BCUT2D eigenvalue weighted by atomic mass is 9.93. The van der Waals surface area contributed by atoms with E-state index in [-0.39, 0.29) is 19.2 Å². The van der Waals surface area contributed by atoms with Gasteiger partial charge >= 0.3 is 12.0 Å². The average molecular weight is 449 g/mol. The summed E-state index contributed by atoms with van der Waals surface area (Å²) >= 11 is 12.2. The van der Waals surface area contributed by atoms with Crippen molar-refractivity contribution in [3.8, 4) is 5.75 Å². The number of allylic oxidation sites excluding steroid dienone is 1. The molecular formula is C22H22Cl2N2O4. The van der Waals surface area contributed by atoms with E-state index in [4.69, 9.17) is 32.7 Å². The first kappa shape index (κ1) is 22.0. The van der Waals surface area contributed by atoms with E-state index >= 15 is 0 Å². The van der Waals surface area contributed by atoms with Crippen molar-refractivity contribution in [1.82, 2.24) is 10.6 Å². The van der Waals surface area contributed by atoms with Crippen LogP contribution in [0.3, 0.4) is 0 Å². The highest BCUT2D eigenvalue weighted by Crippen LogP contribution is 2.35. The Bertz CT molecular complexity index is 991. The Morgan fingerprint density at radius 3 is 2.60 bits per heavy atom. The Hall–Kier alpha value is -2.70. The molecule has 2 aromatic carbocycles. The van der Waals surface area contributed by atoms with Crippen LogP contribution in [0.4, 0.5) is 4.79 Å². The van der Waals surface area contributed by atoms with Gasteiger partial charge in [-0.2, -0.15) is 0 Å². The van der Waals surface area contributed by atoms with E-state index in [2.05, 4.69) is 10.6 Å². The average Bonchev–Trinajstić information content (AvgIpc) is 2.72. The molecule has 1 aliphatic heterocycles. The van der Waals surface area contributed by atoms with Gasteiger partial charge < -0.3 is 20.1 Å². The number of nitrogens with one attached hydrogen (secondary N) is 2. The summed E-state index contributed by atoms with van der Waals surface area (Å²) in [5.41, 5.74) is 2.30. The highest BCUT2D eigenvalue weighted by molar-refractivity contribution is 6.35. The third-order valence-electron chi connectivity index (χ3n) is 4.63. The molecule has 0 aliphatic carbocycles. The van der Waals surface area contributed by atoms with E-state index in [0.29, 0.717) is 39.0 Å². The molecule has 1 aliphatic rings. The zero-order chi connectivity index (χ0) is 21.7. The van der Waals surface area contributed by atoms with Crippen LogP contribution in [0, 0.1) is 0 Å². The Labute approximate surface area is 185 Å². The van der Waals surface area contributed by atoms with E-state index in [9.17, 15) is 9.59 Å². The van der Waals surface area contributed by atoms with Crippen LogP contribution in [0.5, 0.6) is 5.75 Å². The van der Waals surface area contributed by atoms with Crippen LogP contribution in [0.15, 0.2) is 53.7 Å². The van der Waals surface area contributed by atoms with E-state index in [1.54, 1.807) is 31.2 Å². The lowest BCUT2D eigenvalue weighted by molar-refractivity contribution is -0.139. The molecule has 1 unspecified atom stereocenters. The number of rotatable bonds is 7. The van der Waals surface area contributed by atoms with Gasteiger partial charge in [-0.1, -0.05) is 54.4 Å². The first-order chi connectivity index (χ1) is 14.4. The number of carbonyl (C=O) groups excluding carboxylic acids is 2. The Balaban J connectivity index is 1.95. The van der Waals surface area contributed by atoms with Gasteiger partial charge in [0.2, 0.25) is 0 Å². The van der Waals surface area contributed by atoms with Gasteiger partial charge in [0.1, 0.15) is 12.4 Å². The van der Waals surface area contributed by atoms with Crippen molar-refractivity contribution >= 4 is 35.2 Å². The smallest absolute Gasteiger partial charge is 0.338 e. The summed E-state index contributed by atoms with van der Waals surface area (Å²) in [6.07, 6.45) is 0.474. The number of para-hydroxylation sites is 1. The molecule has 0 radical (unpaired) electrons. The van der Waals surface area contributed by atoms with Crippen LogP contribution in [-0.2, 0) is 16.1 Å². The summed E-state index contributed by atoms with van der Waals surface area (Å²) in [4.78, 5) is 24.9. The molecule has 0 fully saturated rings. The largest absolute Gasteiger partial charge is 0.488 e. The topological polar surface area (TPSA) is 76.7 Å². The van der Waals surface area contributed by atoms with Crippen LogP contribution < -0.4 is 15.4 Å². The van der Waals surface area contributed by atoms with E-state index in [1.807, 2.05) is 25.1 Å². The minimum Gasteiger partial charge on any atom is -0.488 e. The van der Waals surface area contributed by atoms with Gasteiger partial charge in [0, 0.05) is 26.9 Å². The number of amides is 2. The molecule has 0 spiro atoms. The molecule has 0 bridgehead atoms. The number of carbonyl (C=O) groups is 2. The second-order valence-corrected chi connectivity index (χ2v) is 7.40. The molecule has 2 amide bonds. The number of benzene rings is 2. The fraction of sp³-hybridized carbons (Fsp3) is 0.273. The number of esters is 1. The van der Waals surface area contributed by atoms with Gasteiger partial charge in [0.05, 0.1) is 18.2 Å². The Kier molecular flexibility index (Phi) is 7.24. The van der Waals surface area contributed by atoms with Crippen molar-refractivity contribution in [1.29, 1.82) is 0 Å². The Morgan fingerprint density at radius 1 is 1.13 bits per heavy atom. The van der Waals surface area contributed by atoms with Crippen LogP contribution in [0.25, 0.3) is 0 Å². The number of hydrogen-bond donors (Lipinski definition) is 2. The summed E-state index contributed by atoms with van der Waals surface area (Å²) in [7, 11) is 0. The fourth-order valence-corrected chi connectivity index (χ4v) is 3.69. The predicted molar refractivity (Wildman–Crippen MR) is 116 cm³/mol. The first-order valence-corrected chi connectivity index (χ1v) is 10.3. The summed E-state index contributed by atoms with van der Waals surface area (Å²) in [5, 5.41) is 6.55. The monoisotopic (exact) mass is 448 g/mol. The molecule has 30 heavy (non-hydrogen) atoms. The maximum atomic E-state index is 12.7. The van der Waals surface area contributed by atoms with Gasteiger partial charge in [-0.3, -0.25) is 0 Å². The van der Waals surface area contributed by atoms with Crippen molar-refractivity contribution in [3.05, 3.63) is 74.9 Å². The van der Waals surface area contributed by atoms with Crippen molar-refractivity contribution in [2.45, 2.75) is 32.9 Å². The zero-order valence-corrected chi connectivity index (χ0v) is 18.1. The second kappa shape index (κ2) is 9.87. The fourth-order valence-electron chi connectivity index (χ4n) is 3.22. The standard InChI is InChI=1S/C22H22Cl2N2O4/c1-3-17-19(21(27)29-4-2)20(26-22(28)25-17)15-7-5-6-8-18(15)30-12-13-9-10-14(23)11-16(13)24/h5-11,20H,3-4,12H2,1-2H3,(H2,25,26,28). The number of ether oxygens (including phenoxy) is 2. The van der Waals surface area contributed by atoms with Crippen molar-refractivity contribution in [2.75, 3.05) is 6.61 Å². The zero-order valence-electron chi connectivity index (χ0n) is 16.6. The van der Waals surface area contributed by atoms with Gasteiger partial charge in [-0.25, -0.2) is 9.59 Å². The summed E-state index contributed by atoms with van der Waals surface area (Å²) in [5.74, 6) is 0.0374. The molecule has 0 saturated carbocycles. The molecule has 0 saturated heterocycles. The Morgan fingerprint density at radius 2 is 1.90 bits per heavy atom. The number of halogens is 2. The van der Waals surface area contributed by atoms with Gasteiger partial charge in [-0.05, 0) is 31.5 Å². The quantitative estimate of drug-likeness (QED) is 0.573. The van der Waals surface area contributed by atoms with Crippen LogP contribution in [0.1, 0.15) is 37.4 Å². The van der Waals surface area contributed by atoms with E-state index < -0.39 is 12.0 Å². The van der Waals surface area contributed by atoms with Crippen LogP contribution in [-0.4, -0.2) is 18.6 Å². The molecule has 158 valence electrons. The summed E-state index contributed by atoms with van der Waals surface area (Å²) in [6.45, 7) is 4.03. The van der Waals surface area contributed by atoms with Crippen molar-refractivity contribution < 1.29 is 19.1 Å². The van der Waals surface area contributed by atoms with Crippen LogP contribution in [0.2, 0.25) is 10.0 Å². The summed E-state index contributed by atoms with van der Waals surface area (Å²) in [6, 6.07) is 11.3. The molecule has 8 heteroatoms. The van der Waals surface area contributed by atoms with Gasteiger partial charge in [0.15, 0.2) is 0 Å². The maximum Gasteiger partial charge on any atom is 0.338 e. The highest BCUT2D eigenvalue weighted by atomic mass is 35.5. The van der Waals surface area contributed by atoms with E-state index in [0.717, 1.165) is 5.56 Å². The minimum atomic E-state index is -0.704. The molecule has 0 aromatic heterocycles. The first-order valence-electron chi connectivity index (χ1n) is 9.57. The van der Waals surface area contributed by atoms with Crippen molar-refractivity contribution in [2.24, 2.45) is 0 Å². The molecule has 6 nitrogen and oxygen atoms in total. The molecule has 3 rings (SSSR count). The lowest BCUT2D eigenvalue weighted by Crippen LogP contribution is -2.46. The molecule has 2 aromatic rings. The highest BCUT2D eigenvalue weighted by Gasteiger charge is 2.34. The number of urea groups is 1. The van der Waals surface area contributed by atoms with Crippen molar-refractivity contribution in [3.63, 3.8) is 0 Å². The molecule has 2 N–H and O–H groups in total. The van der Waals surface area contributed by atoms with Gasteiger partial charge in [0.25, 0.3) is 0 Å². The predicted octanol–water partition coefficient (Wildman–Crippen LogP) is 5.15. The molecular weight excluding hydrogens is 427 g/mol. The third-order valence-corrected chi connectivity index (χ3v) is 5.22. The number of hydrogen-bond acceptors (Lipinski definition) is 4. The SMILES string of the molecule is CCOC(=O)C1=C(CC)NC(=O)NC1c1ccccc1OCc1ccc(Cl)cc1Cl. The molecule has 1 atom stereocenters. The third kappa shape index (κ3) is 4.89. The minimum absolute atomic E-state index is 0.199. The normalized spacial score (nSPS) is 16.0. The lowest BCUT2D eigenvalue weighted by Gasteiger charge is -2.30. The second-order valence-electron chi connectivity index (χ2n) is 6.56.